The quantitative estimate of drug-likeness (QED) is 0.668. The number of carboxylic acid groups (broad SMARTS) is 1. The van der Waals surface area contributed by atoms with Crippen LogP contribution < -0.4 is 5.69 Å². The predicted octanol–water partition coefficient (Wildman–Crippen LogP) is 2.21. The summed E-state index contributed by atoms with van der Waals surface area (Å²) in [6.07, 6.45) is 1.20. The van der Waals surface area contributed by atoms with E-state index in [-0.39, 0.29) is 18.1 Å². The van der Waals surface area contributed by atoms with Crippen LogP contribution in [0.3, 0.4) is 0 Å². The molecule has 0 radical (unpaired) electrons. The third-order valence-electron chi connectivity index (χ3n) is 3.88. The number of aromatic hydroxyl groups is 1. The Balaban J connectivity index is 2.02. The van der Waals surface area contributed by atoms with Crippen molar-refractivity contribution in [1.82, 2.24) is 9.13 Å². The van der Waals surface area contributed by atoms with Crippen LogP contribution >= 0.6 is 0 Å². The summed E-state index contributed by atoms with van der Waals surface area (Å²) < 4.78 is 7.09. The van der Waals surface area contributed by atoms with E-state index in [0.29, 0.717) is 16.9 Å². The summed E-state index contributed by atoms with van der Waals surface area (Å²) in [7, 11) is 0. The predicted molar refractivity (Wildman–Crippen MR) is 95.9 cm³/mol. The average Bonchev–Trinajstić information content (AvgIpc) is 2.96. The fraction of sp³-hybridized carbons (Fsp3) is 0.105. The van der Waals surface area contributed by atoms with Gasteiger partial charge in [0.15, 0.2) is 0 Å². The first-order valence-electron chi connectivity index (χ1n) is 8.07. The second-order valence-electron chi connectivity index (χ2n) is 5.60. The van der Waals surface area contributed by atoms with Crippen molar-refractivity contribution in [2.45, 2.75) is 6.92 Å². The van der Waals surface area contributed by atoms with Crippen LogP contribution in [0, 0.1) is 0 Å². The molecule has 0 bridgehead atoms. The van der Waals surface area contributed by atoms with Gasteiger partial charge >= 0.3 is 17.6 Å². The summed E-state index contributed by atoms with van der Waals surface area (Å²) in [4.78, 5) is 35.5. The lowest BCUT2D eigenvalue weighted by Crippen LogP contribution is -2.22. The van der Waals surface area contributed by atoms with Crippen LogP contribution in [0.2, 0.25) is 0 Å². The zero-order chi connectivity index (χ0) is 19.6. The van der Waals surface area contributed by atoms with Gasteiger partial charge in [0.25, 0.3) is 0 Å². The standard InChI is InChI=1S/C19H16N2O6/c1-2-27-18(25)12-6-8-14(9-7-12)21-16(22)11-20(19(21)26)15-5-3-4-13(10-15)17(23)24/h3-11,22H,2H2,1H3,(H,23,24). The number of rotatable bonds is 5. The lowest BCUT2D eigenvalue weighted by atomic mass is 10.2. The Morgan fingerprint density at radius 1 is 1.04 bits per heavy atom. The Kier molecular flexibility index (Phi) is 4.80. The highest BCUT2D eigenvalue weighted by atomic mass is 16.5. The van der Waals surface area contributed by atoms with Crippen molar-refractivity contribution in [2.24, 2.45) is 0 Å². The van der Waals surface area contributed by atoms with Gasteiger partial charge in [0.2, 0.25) is 5.88 Å². The second kappa shape index (κ2) is 7.20. The van der Waals surface area contributed by atoms with Gasteiger partial charge in [0, 0.05) is 0 Å². The number of aromatic nitrogens is 2. The molecule has 0 fully saturated rings. The molecule has 3 rings (SSSR count). The first kappa shape index (κ1) is 18.0. The van der Waals surface area contributed by atoms with E-state index >= 15 is 0 Å². The molecule has 1 aromatic heterocycles. The van der Waals surface area contributed by atoms with Gasteiger partial charge in [-0.2, -0.15) is 0 Å². The van der Waals surface area contributed by atoms with Crippen molar-refractivity contribution >= 4 is 11.9 Å². The van der Waals surface area contributed by atoms with E-state index in [2.05, 4.69) is 0 Å². The van der Waals surface area contributed by atoms with Gasteiger partial charge in [-0.15, -0.1) is 0 Å². The van der Waals surface area contributed by atoms with Crippen LogP contribution in [-0.4, -0.2) is 37.9 Å². The molecular weight excluding hydrogens is 352 g/mol. The maximum absolute atomic E-state index is 12.7. The van der Waals surface area contributed by atoms with Crippen LogP contribution in [0.1, 0.15) is 27.6 Å². The maximum Gasteiger partial charge on any atom is 0.340 e. The van der Waals surface area contributed by atoms with E-state index in [4.69, 9.17) is 9.84 Å². The molecule has 1 heterocycles. The molecule has 0 aliphatic heterocycles. The monoisotopic (exact) mass is 368 g/mol. The molecule has 2 N–H and O–H groups in total. The number of benzene rings is 2. The third kappa shape index (κ3) is 3.45. The van der Waals surface area contributed by atoms with E-state index in [1.807, 2.05) is 0 Å². The van der Waals surface area contributed by atoms with Crippen LogP contribution in [0.5, 0.6) is 5.88 Å². The number of nitrogens with zero attached hydrogens (tertiary/aromatic N) is 2. The first-order chi connectivity index (χ1) is 12.9. The van der Waals surface area contributed by atoms with Gasteiger partial charge in [0.05, 0.1) is 35.3 Å². The largest absolute Gasteiger partial charge is 0.493 e. The lowest BCUT2D eigenvalue weighted by Gasteiger charge is -2.05. The molecule has 27 heavy (non-hydrogen) atoms. The summed E-state index contributed by atoms with van der Waals surface area (Å²) >= 11 is 0. The van der Waals surface area contributed by atoms with Crippen molar-refractivity contribution < 1.29 is 24.5 Å². The van der Waals surface area contributed by atoms with Crippen LogP contribution in [0.25, 0.3) is 11.4 Å². The average molecular weight is 368 g/mol. The molecule has 3 aromatic rings. The van der Waals surface area contributed by atoms with Crippen molar-refractivity contribution in [3.8, 4) is 17.3 Å². The fourth-order valence-corrected chi connectivity index (χ4v) is 2.61. The van der Waals surface area contributed by atoms with Gasteiger partial charge < -0.3 is 14.9 Å². The highest BCUT2D eigenvalue weighted by Gasteiger charge is 2.15. The first-order valence-corrected chi connectivity index (χ1v) is 8.07. The topological polar surface area (TPSA) is 111 Å². The van der Waals surface area contributed by atoms with Crippen LogP contribution in [0.4, 0.5) is 0 Å². The molecule has 0 atom stereocenters. The minimum absolute atomic E-state index is 0.0189. The summed E-state index contributed by atoms with van der Waals surface area (Å²) in [5, 5.41) is 19.3. The molecule has 0 amide bonds. The Bertz CT molecular complexity index is 1060. The number of imidazole rings is 1. The van der Waals surface area contributed by atoms with Crippen molar-refractivity contribution in [3.63, 3.8) is 0 Å². The molecule has 0 aliphatic carbocycles. The van der Waals surface area contributed by atoms with Gasteiger partial charge in [-0.3, -0.25) is 4.57 Å². The molecule has 0 saturated heterocycles. The minimum atomic E-state index is -1.12. The minimum Gasteiger partial charge on any atom is -0.493 e. The summed E-state index contributed by atoms with van der Waals surface area (Å²) in [5.41, 5.74) is 0.405. The van der Waals surface area contributed by atoms with E-state index in [0.717, 1.165) is 9.13 Å². The highest BCUT2D eigenvalue weighted by molar-refractivity contribution is 5.89. The number of carbonyl (C=O) groups excluding carboxylic acids is 1. The van der Waals surface area contributed by atoms with Crippen molar-refractivity contribution in [1.29, 1.82) is 0 Å². The number of esters is 1. The molecular formula is C19H16N2O6. The summed E-state index contributed by atoms with van der Waals surface area (Å²) in [6, 6.07) is 11.8. The summed E-state index contributed by atoms with van der Waals surface area (Å²) in [6.45, 7) is 1.95. The number of hydrogen-bond acceptors (Lipinski definition) is 5. The van der Waals surface area contributed by atoms with E-state index < -0.39 is 17.6 Å². The van der Waals surface area contributed by atoms with Gasteiger partial charge in [0.1, 0.15) is 0 Å². The molecule has 0 spiro atoms. The molecule has 138 valence electrons. The van der Waals surface area contributed by atoms with Gasteiger partial charge in [-0.1, -0.05) is 6.07 Å². The highest BCUT2D eigenvalue weighted by Crippen LogP contribution is 2.18. The third-order valence-corrected chi connectivity index (χ3v) is 3.88. The Morgan fingerprint density at radius 3 is 2.37 bits per heavy atom. The van der Waals surface area contributed by atoms with Gasteiger partial charge in [-0.25, -0.2) is 19.0 Å². The molecule has 8 heteroatoms. The van der Waals surface area contributed by atoms with Crippen molar-refractivity contribution in [2.75, 3.05) is 6.61 Å². The van der Waals surface area contributed by atoms with Crippen LogP contribution in [-0.2, 0) is 4.74 Å². The number of hydrogen-bond donors (Lipinski definition) is 2. The number of aromatic carboxylic acids is 1. The van der Waals surface area contributed by atoms with E-state index in [1.54, 1.807) is 13.0 Å². The smallest absolute Gasteiger partial charge is 0.340 e. The van der Waals surface area contributed by atoms with E-state index in [1.165, 1.54) is 48.7 Å². The SMILES string of the molecule is CCOC(=O)c1ccc(-n2c(O)cn(-c3cccc(C(=O)O)c3)c2=O)cc1. The summed E-state index contributed by atoms with van der Waals surface area (Å²) in [5.74, 6) is -1.93. The van der Waals surface area contributed by atoms with E-state index in [9.17, 15) is 19.5 Å². The normalized spacial score (nSPS) is 10.6. The second-order valence-corrected chi connectivity index (χ2v) is 5.60. The van der Waals surface area contributed by atoms with Crippen molar-refractivity contribution in [3.05, 3.63) is 76.3 Å². The van der Waals surface area contributed by atoms with Gasteiger partial charge in [-0.05, 0) is 49.4 Å². The molecule has 8 nitrogen and oxygen atoms in total. The molecule has 0 unspecified atom stereocenters. The number of carbonyl (C=O) groups is 2. The Hall–Kier alpha value is -3.81. The maximum atomic E-state index is 12.7. The lowest BCUT2D eigenvalue weighted by molar-refractivity contribution is 0.0526. The zero-order valence-electron chi connectivity index (χ0n) is 14.3. The number of carboxylic acids is 1. The Labute approximate surface area is 153 Å². The van der Waals surface area contributed by atoms with Crippen LogP contribution in [0.15, 0.2) is 59.5 Å². The zero-order valence-corrected chi connectivity index (χ0v) is 14.3. The molecule has 2 aromatic carbocycles. The fourth-order valence-electron chi connectivity index (χ4n) is 2.61. The molecule has 0 aliphatic rings. The Morgan fingerprint density at radius 2 is 1.74 bits per heavy atom. The molecule has 0 saturated carbocycles. The number of ether oxygens (including phenoxy) is 1.